The van der Waals surface area contributed by atoms with Crippen LogP contribution >= 0.6 is 0 Å². The number of amides is 3. The summed E-state index contributed by atoms with van der Waals surface area (Å²) in [5.74, 6) is -3.05. The van der Waals surface area contributed by atoms with Gasteiger partial charge < -0.3 is 15.5 Å². The highest BCUT2D eigenvalue weighted by atomic mass is 19.1. The van der Waals surface area contributed by atoms with E-state index in [0.717, 1.165) is 12.1 Å². The van der Waals surface area contributed by atoms with Crippen LogP contribution in [0.5, 0.6) is 0 Å². The Balaban J connectivity index is 1.58. The number of benzene rings is 2. The Kier molecular flexibility index (Phi) is 5.82. The molecule has 2 N–H and O–H groups in total. The highest BCUT2D eigenvalue weighted by molar-refractivity contribution is 6.01. The van der Waals surface area contributed by atoms with Crippen molar-refractivity contribution in [2.24, 2.45) is 5.92 Å². The average Bonchev–Trinajstić information content (AvgIpc) is 3.09. The van der Waals surface area contributed by atoms with E-state index in [1.165, 1.54) is 11.0 Å². The molecule has 0 saturated carbocycles. The maximum atomic E-state index is 13.5. The standard InChI is InChI=1S/C19H17FN4O5/c20-15-7-6-14(9-16(15)24(28)29)23-11-12(8-18(23)26)19(27)21-10-17(25)22-13-4-2-1-3-5-13/h1-7,9,12H,8,10-11H2,(H,21,27)(H,22,25). The van der Waals surface area contributed by atoms with Crippen LogP contribution < -0.4 is 15.5 Å². The number of rotatable bonds is 6. The molecule has 2 aromatic rings. The number of nitro benzene ring substituents is 1. The fourth-order valence-electron chi connectivity index (χ4n) is 2.98. The van der Waals surface area contributed by atoms with Gasteiger partial charge in [0.1, 0.15) is 0 Å². The lowest BCUT2D eigenvalue weighted by atomic mass is 10.1. The van der Waals surface area contributed by atoms with Crippen LogP contribution in [-0.2, 0) is 14.4 Å². The molecule has 1 heterocycles. The second-order valence-corrected chi connectivity index (χ2v) is 6.43. The summed E-state index contributed by atoms with van der Waals surface area (Å²) in [6, 6.07) is 11.8. The molecule has 1 aliphatic heterocycles. The number of anilines is 2. The Bertz CT molecular complexity index is 966. The lowest BCUT2D eigenvalue weighted by Crippen LogP contribution is -2.37. The zero-order valence-corrected chi connectivity index (χ0v) is 15.1. The number of nitrogens with one attached hydrogen (secondary N) is 2. The zero-order valence-electron chi connectivity index (χ0n) is 15.1. The van der Waals surface area contributed by atoms with Gasteiger partial charge in [0.2, 0.25) is 23.5 Å². The predicted molar refractivity (Wildman–Crippen MR) is 102 cm³/mol. The molecule has 0 aromatic heterocycles. The van der Waals surface area contributed by atoms with Gasteiger partial charge in [0, 0.05) is 24.7 Å². The average molecular weight is 400 g/mol. The van der Waals surface area contributed by atoms with Crippen LogP contribution in [-0.4, -0.2) is 35.7 Å². The normalized spacial score (nSPS) is 15.8. The fraction of sp³-hybridized carbons (Fsp3) is 0.211. The first kappa shape index (κ1) is 19.9. The van der Waals surface area contributed by atoms with E-state index in [0.29, 0.717) is 5.69 Å². The van der Waals surface area contributed by atoms with Crippen LogP contribution in [0.1, 0.15) is 6.42 Å². The smallest absolute Gasteiger partial charge is 0.306 e. The molecule has 10 heteroatoms. The summed E-state index contributed by atoms with van der Waals surface area (Å²) in [5.41, 5.74) is -0.0205. The summed E-state index contributed by atoms with van der Waals surface area (Å²) in [4.78, 5) is 47.7. The SMILES string of the molecule is O=C(CNC(=O)C1CC(=O)N(c2ccc(F)c([N+](=O)[O-])c2)C1)Nc1ccccc1. The van der Waals surface area contributed by atoms with E-state index in [9.17, 15) is 28.9 Å². The zero-order chi connectivity index (χ0) is 21.0. The minimum absolute atomic E-state index is 0.0201. The summed E-state index contributed by atoms with van der Waals surface area (Å²) < 4.78 is 13.5. The summed E-state index contributed by atoms with van der Waals surface area (Å²) in [7, 11) is 0. The number of nitro groups is 1. The van der Waals surface area contributed by atoms with Crippen molar-refractivity contribution in [2.75, 3.05) is 23.3 Å². The Hall–Kier alpha value is -3.82. The highest BCUT2D eigenvalue weighted by Crippen LogP contribution is 2.29. The topological polar surface area (TPSA) is 122 Å². The van der Waals surface area contributed by atoms with Gasteiger partial charge in [-0.25, -0.2) is 0 Å². The van der Waals surface area contributed by atoms with Gasteiger partial charge >= 0.3 is 5.69 Å². The number of carbonyl (C=O) groups is 3. The molecule has 9 nitrogen and oxygen atoms in total. The Morgan fingerprint density at radius 2 is 1.93 bits per heavy atom. The van der Waals surface area contributed by atoms with E-state index in [4.69, 9.17) is 0 Å². The monoisotopic (exact) mass is 400 g/mol. The Labute approximate surface area is 164 Å². The van der Waals surface area contributed by atoms with Crippen molar-refractivity contribution >= 4 is 34.8 Å². The molecule has 0 spiro atoms. The van der Waals surface area contributed by atoms with E-state index in [1.54, 1.807) is 30.3 Å². The molecule has 3 amide bonds. The van der Waals surface area contributed by atoms with Crippen molar-refractivity contribution in [1.29, 1.82) is 0 Å². The predicted octanol–water partition coefficient (Wildman–Crippen LogP) is 1.84. The van der Waals surface area contributed by atoms with Crippen LogP contribution in [0.4, 0.5) is 21.5 Å². The molecule has 29 heavy (non-hydrogen) atoms. The lowest BCUT2D eigenvalue weighted by molar-refractivity contribution is -0.387. The molecule has 3 rings (SSSR count). The molecular weight excluding hydrogens is 383 g/mol. The van der Waals surface area contributed by atoms with Crippen LogP contribution in [0.15, 0.2) is 48.5 Å². The van der Waals surface area contributed by atoms with Gasteiger partial charge in [-0.2, -0.15) is 4.39 Å². The van der Waals surface area contributed by atoms with Crippen molar-refractivity contribution in [3.8, 4) is 0 Å². The second-order valence-electron chi connectivity index (χ2n) is 6.43. The highest BCUT2D eigenvalue weighted by Gasteiger charge is 2.36. The van der Waals surface area contributed by atoms with Crippen molar-refractivity contribution in [3.63, 3.8) is 0 Å². The first-order valence-corrected chi connectivity index (χ1v) is 8.72. The Morgan fingerprint density at radius 3 is 2.62 bits per heavy atom. The minimum atomic E-state index is -1.01. The number of nitrogens with zero attached hydrogens (tertiary/aromatic N) is 2. The molecule has 0 aliphatic carbocycles. The van der Waals surface area contributed by atoms with E-state index in [2.05, 4.69) is 10.6 Å². The summed E-state index contributed by atoms with van der Waals surface area (Å²) in [6.07, 6.45) is -0.114. The second kappa shape index (κ2) is 8.46. The Morgan fingerprint density at radius 1 is 1.21 bits per heavy atom. The van der Waals surface area contributed by atoms with Crippen LogP contribution in [0.25, 0.3) is 0 Å². The number of para-hydroxylation sites is 1. The van der Waals surface area contributed by atoms with Gasteiger partial charge in [-0.15, -0.1) is 0 Å². The maximum Gasteiger partial charge on any atom is 0.306 e. The molecule has 1 saturated heterocycles. The van der Waals surface area contributed by atoms with Gasteiger partial charge in [0.05, 0.1) is 23.1 Å². The van der Waals surface area contributed by atoms with Crippen LogP contribution in [0, 0.1) is 21.8 Å². The fourth-order valence-corrected chi connectivity index (χ4v) is 2.98. The minimum Gasteiger partial charge on any atom is -0.347 e. The number of hydrogen-bond acceptors (Lipinski definition) is 5. The van der Waals surface area contributed by atoms with Crippen molar-refractivity contribution in [1.82, 2.24) is 5.32 Å². The number of hydrogen-bond donors (Lipinski definition) is 2. The lowest BCUT2D eigenvalue weighted by Gasteiger charge is -2.16. The molecule has 1 fully saturated rings. The quantitative estimate of drug-likeness (QED) is 0.566. The molecule has 150 valence electrons. The van der Waals surface area contributed by atoms with Gasteiger partial charge in [0.25, 0.3) is 0 Å². The molecule has 0 bridgehead atoms. The molecule has 1 unspecified atom stereocenters. The number of halogens is 1. The molecule has 1 atom stereocenters. The van der Waals surface area contributed by atoms with Gasteiger partial charge in [-0.3, -0.25) is 24.5 Å². The largest absolute Gasteiger partial charge is 0.347 e. The summed E-state index contributed by atoms with van der Waals surface area (Å²) in [5, 5.41) is 16.0. The van der Waals surface area contributed by atoms with E-state index in [-0.39, 0.29) is 25.2 Å². The molecule has 2 aromatic carbocycles. The van der Waals surface area contributed by atoms with Gasteiger partial charge in [0.15, 0.2) is 0 Å². The third-order valence-corrected chi connectivity index (χ3v) is 4.41. The molecule has 0 radical (unpaired) electrons. The van der Waals surface area contributed by atoms with E-state index < -0.39 is 40.1 Å². The van der Waals surface area contributed by atoms with Crippen molar-refractivity contribution < 1.29 is 23.7 Å². The van der Waals surface area contributed by atoms with E-state index >= 15 is 0 Å². The van der Waals surface area contributed by atoms with Gasteiger partial charge in [-0.1, -0.05) is 18.2 Å². The van der Waals surface area contributed by atoms with Crippen molar-refractivity contribution in [2.45, 2.75) is 6.42 Å². The van der Waals surface area contributed by atoms with Crippen LogP contribution in [0.2, 0.25) is 0 Å². The third kappa shape index (κ3) is 4.72. The molecular formula is C19H17FN4O5. The first-order valence-electron chi connectivity index (χ1n) is 8.72. The van der Waals surface area contributed by atoms with Crippen molar-refractivity contribution in [3.05, 3.63) is 64.5 Å². The summed E-state index contributed by atoms with van der Waals surface area (Å²) in [6.45, 7) is -0.284. The molecule has 1 aliphatic rings. The maximum absolute atomic E-state index is 13.5. The third-order valence-electron chi connectivity index (χ3n) is 4.41. The van der Waals surface area contributed by atoms with E-state index in [1.807, 2.05) is 0 Å². The summed E-state index contributed by atoms with van der Waals surface area (Å²) >= 11 is 0. The van der Waals surface area contributed by atoms with Crippen LogP contribution in [0.3, 0.4) is 0 Å². The number of carbonyl (C=O) groups excluding carboxylic acids is 3. The van der Waals surface area contributed by atoms with Gasteiger partial charge in [-0.05, 0) is 24.3 Å². The first-order chi connectivity index (χ1) is 13.8.